The predicted octanol–water partition coefficient (Wildman–Crippen LogP) is 6.57. The Balaban J connectivity index is 1.26. The molecule has 0 bridgehead atoms. The molecule has 4 aromatic carbocycles. The molecule has 3 amide bonds. The minimum atomic E-state index is -0.742. The van der Waals surface area contributed by atoms with Crippen LogP contribution in [0.15, 0.2) is 105 Å². The lowest BCUT2D eigenvalue weighted by Crippen LogP contribution is -2.33. The Morgan fingerprint density at radius 2 is 1.65 bits per heavy atom. The molecule has 1 saturated heterocycles. The third kappa shape index (κ3) is 4.93. The lowest BCUT2D eigenvalue weighted by molar-refractivity contribution is -0.122. The molecule has 3 heterocycles. The van der Waals surface area contributed by atoms with Crippen LogP contribution in [0.2, 0.25) is 0 Å². The van der Waals surface area contributed by atoms with Crippen LogP contribution in [0.25, 0.3) is 10.8 Å². The number of fused-ring (bicyclic) bond motifs is 3. The maximum Gasteiger partial charge on any atom is 0.308 e. The van der Waals surface area contributed by atoms with Crippen LogP contribution in [0.1, 0.15) is 21.9 Å². The summed E-state index contributed by atoms with van der Waals surface area (Å²) in [5.41, 5.74) is 3.01. The molecular weight excluding hydrogens is 646 g/mol. The van der Waals surface area contributed by atoms with Gasteiger partial charge in [0.25, 0.3) is 0 Å². The number of aryl methyl sites for hydroxylation is 1. The Kier molecular flexibility index (Phi) is 7.07. The molecule has 0 radical (unpaired) electrons. The fourth-order valence-electron chi connectivity index (χ4n) is 5.87. The van der Waals surface area contributed by atoms with Crippen molar-refractivity contribution in [2.45, 2.75) is 29.7 Å². The standard InChI is InChI=1S/C33H24BrN3O4S2/c1-18-9-13-24(14-10-18)37-30(39)27-26(21-7-4-8-22(34)15-21)29-32(42-28(27)31(37)40)36(33(41)43-29)17-25(38)35-23-12-11-19-5-2-3-6-20(19)16-23/h2-16,26-28H,17H2,1H3,(H,35,38). The predicted molar refractivity (Wildman–Crippen MR) is 174 cm³/mol. The van der Waals surface area contributed by atoms with Gasteiger partial charge in [-0.3, -0.25) is 23.7 Å². The largest absolute Gasteiger partial charge is 0.325 e. The molecule has 214 valence electrons. The van der Waals surface area contributed by atoms with Crippen molar-refractivity contribution in [3.05, 3.63) is 121 Å². The van der Waals surface area contributed by atoms with Crippen LogP contribution in [-0.4, -0.2) is 27.5 Å². The summed E-state index contributed by atoms with van der Waals surface area (Å²) in [6, 6.07) is 28.5. The monoisotopic (exact) mass is 669 g/mol. The van der Waals surface area contributed by atoms with E-state index in [-0.39, 0.29) is 29.1 Å². The summed E-state index contributed by atoms with van der Waals surface area (Å²) in [7, 11) is 0. The molecule has 43 heavy (non-hydrogen) atoms. The maximum atomic E-state index is 14.0. The molecule has 3 unspecified atom stereocenters. The summed E-state index contributed by atoms with van der Waals surface area (Å²) in [4.78, 5) is 56.2. The summed E-state index contributed by atoms with van der Waals surface area (Å²) < 4.78 is 2.27. The summed E-state index contributed by atoms with van der Waals surface area (Å²) in [5, 5.41) is 4.78. The van der Waals surface area contributed by atoms with Gasteiger partial charge in [0.1, 0.15) is 11.8 Å². The molecule has 2 aliphatic rings. The molecule has 2 aliphatic heterocycles. The molecule has 5 aromatic rings. The van der Waals surface area contributed by atoms with Gasteiger partial charge in [0.05, 0.1) is 16.6 Å². The number of benzene rings is 4. The zero-order valence-corrected chi connectivity index (χ0v) is 26.0. The van der Waals surface area contributed by atoms with E-state index in [1.54, 1.807) is 12.1 Å². The molecular formula is C33H24BrN3O4S2. The number of rotatable bonds is 5. The van der Waals surface area contributed by atoms with Crippen LogP contribution < -0.4 is 15.1 Å². The zero-order valence-electron chi connectivity index (χ0n) is 22.8. The summed E-state index contributed by atoms with van der Waals surface area (Å²) in [6.45, 7) is 1.74. The number of hydrogen-bond acceptors (Lipinski definition) is 6. The number of thiazole rings is 1. The topological polar surface area (TPSA) is 88.5 Å². The Morgan fingerprint density at radius 1 is 0.884 bits per heavy atom. The second-order valence-electron chi connectivity index (χ2n) is 10.7. The first-order valence-corrected chi connectivity index (χ1v) is 16.2. The number of amides is 3. The maximum absolute atomic E-state index is 14.0. The second kappa shape index (κ2) is 10.9. The molecule has 1 N–H and O–H groups in total. The van der Waals surface area contributed by atoms with Crippen molar-refractivity contribution in [1.29, 1.82) is 0 Å². The van der Waals surface area contributed by atoms with E-state index in [0.717, 1.165) is 37.7 Å². The number of nitrogens with one attached hydrogen (secondary N) is 1. The smallest absolute Gasteiger partial charge is 0.308 e. The zero-order chi connectivity index (χ0) is 29.8. The van der Waals surface area contributed by atoms with E-state index in [1.807, 2.05) is 85.8 Å². The van der Waals surface area contributed by atoms with E-state index in [0.29, 0.717) is 21.3 Å². The van der Waals surface area contributed by atoms with Crippen molar-refractivity contribution < 1.29 is 14.4 Å². The van der Waals surface area contributed by atoms with Crippen molar-refractivity contribution in [2.75, 3.05) is 10.2 Å². The van der Waals surface area contributed by atoms with E-state index >= 15 is 0 Å². The van der Waals surface area contributed by atoms with Gasteiger partial charge in [0.15, 0.2) is 0 Å². The first-order valence-electron chi connectivity index (χ1n) is 13.7. The number of imide groups is 1. The summed E-state index contributed by atoms with van der Waals surface area (Å²) in [5.74, 6) is -2.18. The van der Waals surface area contributed by atoms with Gasteiger partial charge in [-0.1, -0.05) is 99.2 Å². The molecule has 1 aromatic heterocycles. The van der Waals surface area contributed by atoms with Gasteiger partial charge in [-0.2, -0.15) is 0 Å². The SMILES string of the molecule is Cc1ccc(N2C(=O)C3Sc4c(sc(=O)n4CC(=O)Nc4ccc5ccccc5c4)C(c4cccc(Br)c4)C3C2=O)cc1. The number of halogens is 1. The van der Waals surface area contributed by atoms with Gasteiger partial charge in [0, 0.05) is 21.0 Å². The van der Waals surface area contributed by atoms with E-state index in [4.69, 9.17) is 0 Å². The Bertz CT molecular complexity index is 2000. The van der Waals surface area contributed by atoms with Crippen LogP contribution >= 0.6 is 39.0 Å². The number of aromatic nitrogens is 1. The molecule has 0 spiro atoms. The Morgan fingerprint density at radius 3 is 2.42 bits per heavy atom. The van der Waals surface area contributed by atoms with Crippen LogP contribution in [0.4, 0.5) is 11.4 Å². The number of carbonyl (C=O) groups is 3. The minimum Gasteiger partial charge on any atom is -0.325 e. The highest BCUT2D eigenvalue weighted by Gasteiger charge is 2.56. The Hall–Kier alpha value is -3.99. The molecule has 7 rings (SSSR count). The van der Waals surface area contributed by atoms with E-state index in [2.05, 4.69) is 21.2 Å². The first-order chi connectivity index (χ1) is 20.8. The highest BCUT2D eigenvalue weighted by atomic mass is 79.9. The average Bonchev–Trinajstić information content (AvgIpc) is 3.43. The van der Waals surface area contributed by atoms with Crippen LogP contribution in [0.5, 0.6) is 0 Å². The fourth-order valence-corrected chi connectivity index (χ4v) is 9.06. The van der Waals surface area contributed by atoms with Gasteiger partial charge in [-0.15, -0.1) is 0 Å². The normalized spacial score (nSPS) is 19.4. The van der Waals surface area contributed by atoms with Crippen LogP contribution in [0.3, 0.4) is 0 Å². The molecule has 3 atom stereocenters. The minimum absolute atomic E-state index is 0.211. The number of anilines is 2. The van der Waals surface area contributed by atoms with Crippen molar-refractivity contribution in [2.24, 2.45) is 5.92 Å². The van der Waals surface area contributed by atoms with Crippen molar-refractivity contribution in [1.82, 2.24) is 4.57 Å². The van der Waals surface area contributed by atoms with Crippen LogP contribution in [0, 0.1) is 12.8 Å². The summed E-state index contributed by atoms with van der Waals surface area (Å²) in [6.07, 6.45) is 0. The average molecular weight is 671 g/mol. The quantitative estimate of drug-likeness (QED) is 0.214. The molecule has 10 heteroatoms. The van der Waals surface area contributed by atoms with Gasteiger partial charge in [-0.05, 0) is 59.7 Å². The van der Waals surface area contributed by atoms with Gasteiger partial charge < -0.3 is 5.32 Å². The van der Waals surface area contributed by atoms with Crippen LogP contribution in [-0.2, 0) is 20.9 Å². The summed E-state index contributed by atoms with van der Waals surface area (Å²) >= 11 is 5.79. The van der Waals surface area contributed by atoms with Gasteiger partial charge in [0.2, 0.25) is 17.7 Å². The highest BCUT2D eigenvalue weighted by Crippen LogP contribution is 2.54. The highest BCUT2D eigenvalue weighted by molar-refractivity contribution is 9.10. The lowest BCUT2D eigenvalue weighted by Gasteiger charge is -2.30. The van der Waals surface area contributed by atoms with Crippen molar-refractivity contribution >= 4 is 78.9 Å². The lowest BCUT2D eigenvalue weighted by atomic mass is 9.83. The van der Waals surface area contributed by atoms with Gasteiger partial charge in [-0.25, -0.2) is 4.90 Å². The molecule has 7 nitrogen and oxygen atoms in total. The number of thioether (sulfide) groups is 1. The number of nitrogens with zero attached hydrogens (tertiary/aromatic N) is 2. The van der Waals surface area contributed by atoms with E-state index in [9.17, 15) is 19.2 Å². The van der Waals surface area contributed by atoms with Gasteiger partial charge >= 0.3 is 4.87 Å². The molecule has 0 saturated carbocycles. The van der Waals surface area contributed by atoms with Crippen molar-refractivity contribution in [3.63, 3.8) is 0 Å². The third-order valence-electron chi connectivity index (χ3n) is 7.88. The number of hydrogen-bond donors (Lipinski definition) is 1. The molecule has 1 fully saturated rings. The second-order valence-corrected chi connectivity index (χ2v) is 13.7. The Labute approximate surface area is 263 Å². The number of carbonyl (C=O) groups excluding carboxylic acids is 3. The third-order valence-corrected chi connectivity index (χ3v) is 11.0. The van der Waals surface area contributed by atoms with E-state index in [1.165, 1.54) is 21.2 Å². The molecule has 0 aliphatic carbocycles. The fraction of sp³-hybridized carbons (Fsp3) is 0.152. The first kappa shape index (κ1) is 27.8. The van der Waals surface area contributed by atoms with Crippen molar-refractivity contribution in [3.8, 4) is 0 Å². The van der Waals surface area contributed by atoms with E-state index < -0.39 is 17.1 Å².